The number of halogens is 2. The number of thiophene rings is 1. The van der Waals surface area contributed by atoms with Gasteiger partial charge in [0.05, 0.1) is 12.1 Å². The summed E-state index contributed by atoms with van der Waals surface area (Å²) in [6.07, 6.45) is 0.985. The lowest BCUT2D eigenvalue weighted by Crippen LogP contribution is -2.23. The normalized spacial score (nSPS) is 10.5. The molecule has 2 aromatic rings. The van der Waals surface area contributed by atoms with Crippen LogP contribution in [0.25, 0.3) is 0 Å². The maximum Gasteiger partial charge on any atom is 0.254 e. The first kappa shape index (κ1) is 14.2. The number of hydrogen-bond donors (Lipinski definition) is 1. The molecule has 0 spiro atoms. The summed E-state index contributed by atoms with van der Waals surface area (Å²) in [6.45, 7) is 2.51. The molecule has 0 bridgehead atoms. The van der Waals surface area contributed by atoms with Gasteiger partial charge in [-0.1, -0.05) is 22.9 Å². The molecule has 0 aliphatic carbocycles. The molecule has 1 aromatic heterocycles. The number of carbonyl (C=O) groups is 1. The van der Waals surface area contributed by atoms with Crippen LogP contribution in [0.1, 0.15) is 27.0 Å². The van der Waals surface area contributed by atoms with Gasteiger partial charge in [-0.25, -0.2) is 4.39 Å². The van der Waals surface area contributed by atoms with Gasteiger partial charge in [-0.3, -0.25) is 4.79 Å². The molecule has 1 N–H and O–H groups in total. The number of aryl methyl sites for hydroxylation is 1. The first-order valence-corrected chi connectivity index (χ1v) is 7.52. The van der Waals surface area contributed by atoms with Crippen LogP contribution in [-0.2, 0) is 13.0 Å². The molecule has 100 valence electrons. The van der Waals surface area contributed by atoms with Crippen molar-refractivity contribution >= 4 is 33.2 Å². The van der Waals surface area contributed by atoms with Crippen molar-refractivity contribution in [1.29, 1.82) is 0 Å². The summed E-state index contributed by atoms with van der Waals surface area (Å²) < 4.78 is 14.2. The zero-order valence-corrected chi connectivity index (χ0v) is 12.8. The van der Waals surface area contributed by atoms with E-state index in [0.29, 0.717) is 11.0 Å². The van der Waals surface area contributed by atoms with Crippen molar-refractivity contribution in [2.45, 2.75) is 19.9 Å². The van der Waals surface area contributed by atoms with Crippen molar-refractivity contribution in [1.82, 2.24) is 5.32 Å². The number of carbonyl (C=O) groups excluding carboxylic acids is 1. The van der Waals surface area contributed by atoms with Gasteiger partial charge < -0.3 is 5.32 Å². The second-order valence-corrected chi connectivity index (χ2v) is 6.20. The third-order valence-electron chi connectivity index (χ3n) is 2.66. The lowest BCUT2D eigenvalue weighted by Gasteiger charge is -2.05. The largest absolute Gasteiger partial charge is 0.347 e. The van der Waals surface area contributed by atoms with Crippen LogP contribution in [0.3, 0.4) is 0 Å². The van der Waals surface area contributed by atoms with E-state index in [0.717, 1.165) is 11.3 Å². The maximum atomic E-state index is 13.5. The van der Waals surface area contributed by atoms with Gasteiger partial charge in [0.2, 0.25) is 0 Å². The summed E-state index contributed by atoms with van der Waals surface area (Å²) in [7, 11) is 0. The highest BCUT2D eigenvalue weighted by Crippen LogP contribution is 2.18. The van der Waals surface area contributed by atoms with Gasteiger partial charge in [-0.05, 0) is 36.8 Å². The first-order valence-electron chi connectivity index (χ1n) is 5.91. The molecule has 2 nitrogen and oxygen atoms in total. The highest BCUT2D eigenvalue weighted by Gasteiger charge is 2.12. The lowest BCUT2D eigenvalue weighted by atomic mass is 10.2. The molecule has 19 heavy (non-hydrogen) atoms. The molecule has 5 heteroatoms. The average molecular weight is 342 g/mol. The molecule has 2 rings (SSSR count). The number of hydrogen-bond acceptors (Lipinski definition) is 2. The summed E-state index contributed by atoms with van der Waals surface area (Å²) >= 11 is 4.89. The van der Waals surface area contributed by atoms with E-state index in [1.807, 2.05) is 12.1 Å². The second-order valence-electron chi connectivity index (χ2n) is 4.03. The molecule has 0 atom stereocenters. The van der Waals surface area contributed by atoms with Crippen molar-refractivity contribution in [2.24, 2.45) is 0 Å². The Morgan fingerprint density at radius 3 is 2.74 bits per heavy atom. The van der Waals surface area contributed by atoms with Crippen LogP contribution in [0.5, 0.6) is 0 Å². The van der Waals surface area contributed by atoms with Crippen LogP contribution in [-0.4, -0.2) is 5.91 Å². The van der Waals surface area contributed by atoms with E-state index in [9.17, 15) is 9.18 Å². The summed E-state index contributed by atoms with van der Waals surface area (Å²) in [4.78, 5) is 14.2. The van der Waals surface area contributed by atoms with Crippen LogP contribution in [0, 0.1) is 5.82 Å². The van der Waals surface area contributed by atoms with Crippen molar-refractivity contribution < 1.29 is 9.18 Å². The van der Waals surface area contributed by atoms with Crippen LogP contribution >= 0.6 is 27.3 Å². The van der Waals surface area contributed by atoms with Crippen LogP contribution < -0.4 is 5.32 Å². The molecule has 0 saturated carbocycles. The highest BCUT2D eigenvalue weighted by molar-refractivity contribution is 9.10. The standard InChI is InChI=1S/C14H13BrFNOS/c1-2-10-4-5-11(19-10)8-17-14(18)12-7-9(15)3-6-13(12)16/h3-7H,2,8H2,1H3,(H,17,18). The summed E-state index contributed by atoms with van der Waals surface area (Å²) in [5.74, 6) is -0.911. The first-order chi connectivity index (χ1) is 9.10. The molecule has 1 amide bonds. The van der Waals surface area contributed by atoms with Crippen molar-refractivity contribution in [3.05, 3.63) is 55.9 Å². The Labute approximate surface area is 123 Å². The van der Waals surface area contributed by atoms with Crippen LogP contribution in [0.4, 0.5) is 4.39 Å². The zero-order chi connectivity index (χ0) is 13.8. The molecule has 1 aromatic carbocycles. The Balaban J connectivity index is 2.03. The topological polar surface area (TPSA) is 29.1 Å². The Bertz CT molecular complexity index is 597. The van der Waals surface area contributed by atoms with E-state index in [2.05, 4.69) is 28.2 Å². The van der Waals surface area contributed by atoms with Crippen LogP contribution in [0.15, 0.2) is 34.8 Å². The smallest absolute Gasteiger partial charge is 0.254 e. The number of amides is 1. The van der Waals surface area contributed by atoms with Gasteiger partial charge in [0, 0.05) is 14.2 Å². The van der Waals surface area contributed by atoms with Crippen molar-refractivity contribution in [3.63, 3.8) is 0 Å². The quantitative estimate of drug-likeness (QED) is 0.889. The Hall–Kier alpha value is -1.20. The van der Waals surface area contributed by atoms with E-state index >= 15 is 0 Å². The molecule has 0 unspecified atom stereocenters. The molecular weight excluding hydrogens is 329 g/mol. The number of benzene rings is 1. The van der Waals surface area contributed by atoms with Crippen molar-refractivity contribution in [3.8, 4) is 0 Å². The molecule has 0 aliphatic heterocycles. The van der Waals surface area contributed by atoms with Gasteiger partial charge in [0.25, 0.3) is 5.91 Å². The molecule has 0 aliphatic rings. The SMILES string of the molecule is CCc1ccc(CNC(=O)c2cc(Br)ccc2F)s1. The predicted molar refractivity (Wildman–Crippen MR) is 79.0 cm³/mol. The zero-order valence-electron chi connectivity index (χ0n) is 10.4. The summed E-state index contributed by atoms with van der Waals surface area (Å²) in [6, 6.07) is 8.36. The van der Waals surface area contributed by atoms with E-state index in [-0.39, 0.29) is 5.56 Å². The Kier molecular flexibility index (Phi) is 4.71. The second kappa shape index (κ2) is 6.30. The monoisotopic (exact) mass is 341 g/mol. The Morgan fingerprint density at radius 1 is 1.32 bits per heavy atom. The maximum absolute atomic E-state index is 13.5. The van der Waals surface area contributed by atoms with Crippen LogP contribution in [0.2, 0.25) is 0 Å². The van der Waals surface area contributed by atoms with E-state index in [4.69, 9.17) is 0 Å². The number of nitrogens with one attached hydrogen (secondary N) is 1. The summed E-state index contributed by atoms with van der Waals surface area (Å²) in [5, 5.41) is 2.73. The fourth-order valence-corrected chi connectivity index (χ4v) is 2.90. The fraction of sp³-hybridized carbons (Fsp3) is 0.214. The minimum Gasteiger partial charge on any atom is -0.347 e. The number of rotatable bonds is 4. The Morgan fingerprint density at radius 2 is 2.05 bits per heavy atom. The van der Waals surface area contributed by atoms with E-state index in [1.54, 1.807) is 17.4 Å². The molecular formula is C14H13BrFNOS. The molecule has 0 saturated heterocycles. The van der Waals surface area contributed by atoms with Gasteiger partial charge >= 0.3 is 0 Å². The van der Waals surface area contributed by atoms with Gasteiger partial charge in [0.1, 0.15) is 5.82 Å². The van der Waals surface area contributed by atoms with E-state index < -0.39 is 11.7 Å². The third-order valence-corrected chi connectivity index (χ3v) is 4.38. The molecule has 0 radical (unpaired) electrons. The third kappa shape index (κ3) is 3.64. The van der Waals surface area contributed by atoms with E-state index in [1.165, 1.54) is 17.0 Å². The average Bonchev–Trinajstić information content (AvgIpc) is 2.87. The molecule has 1 heterocycles. The van der Waals surface area contributed by atoms with Gasteiger partial charge in [0.15, 0.2) is 0 Å². The lowest BCUT2D eigenvalue weighted by molar-refractivity contribution is 0.0947. The minimum atomic E-state index is -0.513. The van der Waals surface area contributed by atoms with Gasteiger partial charge in [-0.15, -0.1) is 11.3 Å². The highest BCUT2D eigenvalue weighted by atomic mass is 79.9. The molecule has 0 fully saturated rings. The van der Waals surface area contributed by atoms with Crippen molar-refractivity contribution in [2.75, 3.05) is 0 Å². The minimum absolute atomic E-state index is 0.0571. The van der Waals surface area contributed by atoms with Gasteiger partial charge in [-0.2, -0.15) is 0 Å². The predicted octanol–water partition coefficient (Wildman–Crippen LogP) is 4.14. The fourth-order valence-electron chi connectivity index (χ4n) is 1.64. The summed E-state index contributed by atoms with van der Waals surface area (Å²) in [5.41, 5.74) is 0.0571.